The Morgan fingerprint density at radius 3 is 2.48 bits per heavy atom. The van der Waals surface area contributed by atoms with E-state index in [9.17, 15) is 10.1 Å². The van der Waals surface area contributed by atoms with Gasteiger partial charge in [-0.1, -0.05) is 24.2 Å². The maximum Gasteiger partial charge on any atom is 0.269 e. The second-order valence-electron chi connectivity index (χ2n) is 4.96. The number of nitrogens with zero attached hydrogens (tertiary/aromatic N) is 2. The molecule has 0 saturated carbocycles. The molecule has 1 atom stereocenters. The second-order valence-corrected chi connectivity index (χ2v) is 4.96. The van der Waals surface area contributed by atoms with Crippen molar-refractivity contribution in [2.24, 2.45) is 0 Å². The van der Waals surface area contributed by atoms with Crippen molar-refractivity contribution in [2.45, 2.75) is 13.0 Å². The van der Waals surface area contributed by atoms with E-state index in [4.69, 9.17) is 14.1 Å². The predicted octanol–water partition coefficient (Wildman–Crippen LogP) is 4.12. The SMILES string of the molecule is [2H]ON(c1ccc([N+](=O)[O-])cc1)C(C(C)=C([2H])[2H])c1ccc(OC)cc1. The van der Waals surface area contributed by atoms with Crippen molar-refractivity contribution < 1.29 is 19.0 Å². The number of hydrogen-bond donors (Lipinski definition) is 1. The number of hydrogen-bond acceptors (Lipinski definition) is 5. The van der Waals surface area contributed by atoms with E-state index in [1.807, 2.05) is 0 Å². The van der Waals surface area contributed by atoms with Crippen LogP contribution >= 0.6 is 0 Å². The summed E-state index contributed by atoms with van der Waals surface area (Å²) in [5.74, 6) is 0.639. The molecule has 2 aromatic rings. The highest BCUT2D eigenvalue weighted by atomic mass is 16.6. The lowest BCUT2D eigenvalue weighted by molar-refractivity contribution is -0.384. The molecular formula is C17H18N2O4. The highest BCUT2D eigenvalue weighted by molar-refractivity contribution is 5.52. The molecule has 0 aliphatic carbocycles. The maximum atomic E-state index is 10.8. The van der Waals surface area contributed by atoms with Gasteiger partial charge in [-0.15, -0.1) is 0 Å². The van der Waals surface area contributed by atoms with E-state index in [0.29, 0.717) is 22.6 Å². The fraction of sp³-hybridized carbons (Fsp3) is 0.176. The standard InChI is InChI=1S/C17H18N2O4/c1-12(2)17(13-4-10-16(23-3)11-5-13)18(20)14-6-8-15(9-7-14)19(21)22/h4-11,17,20H,1H2,2-3H3/i1D2,20D. The lowest BCUT2D eigenvalue weighted by atomic mass is 10.00. The van der Waals surface area contributed by atoms with E-state index < -0.39 is 17.5 Å². The van der Waals surface area contributed by atoms with Crippen molar-refractivity contribution in [3.05, 3.63) is 76.3 Å². The van der Waals surface area contributed by atoms with Crippen LogP contribution in [-0.4, -0.2) is 17.2 Å². The second kappa shape index (κ2) is 6.93. The molecule has 0 bridgehead atoms. The van der Waals surface area contributed by atoms with Gasteiger partial charge in [0.1, 0.15) is 11.8 Å². The number of ether oxygens (including phenoxy) is 1. The third-order valence-corrected chi connectivity index (χ3v) is 3.39. The molecule has 0 aliphatic heterocycles. The first-order valence-corrected chi connectivity index (χ1v) is 6.84. The van der Waals surface area contributed by atoms with Gasteiger partial charge in [-0.25, -0.2) is 5.06 Å². The van der Waals surface area contributed by atoms with Gasteiger partial charge in [-0.05, 0) is 36.8 Å². The number of benzene rings is 2. The Kier molecular flexibility index (Phi) is 3.82. The molecule has 2 aromatic carbocycles. The van der Waals surface area contributed by atoms with Gasteiger partial charge < -0.3 is 4.74 Å². The van der Waals surface area contributed by atoms with E-state index in [-0.39, 0.29) is 5.69 Å². The van der Waals surface area contributed by atoms with Crippen molar-refractivity contribution in [1.82, 2.24) is 0 Å². The maximum absolute atomic E-state index is 10.8. The third-order valence-electron chi connectivity index (χ3n) is 3.39. The van der Waals surface area contributed by atoms with E-state index in [2.05, 4.69) is 0 Å². The molecule has 0 aromatic heterocycles. The molecule has 0 saturated heterocycles. The van der Waals surface area contributed by atoms with Crippen LogP contribution < -0.4 is 9.80 Å². The monoisotopic (exact) mass is 317 g/mol. The quantitative estimate of drug-likeness (QED) is 0.472. The van der Waals surface area contributed by atoms with E-state index in [0.717, 1.165) is 0 Å². The number of non-ortho nitro benzene ring substituents is 1. The Morgan fingerprint density at radius 2 is 2.00 bits per heavy atom. The Balaban J connectivity index is 2.50. The van der Waals surface area contributed by atoms with Crippen LogP contribution in [-0.2, 0) is 0 Å². The third kappa shape index (κ3) is 3.67. The molecule has 23 heavy (non-hydrogen) atoms. The molecule has 0 heterocycles. The van der Waals surface area contributed by atoms with Crippen LogP contribution in [0.4, 0.5) is 11.4 Å². The normalized spacial score (nSPS) is 13.2. The van der Waals surface area contributed by atoms with E-state index in [1.54, 1.807) is 38.3 Å². The molecule has 2 rings (SSSR count). The van der Waals surface area contributed by atoms with Gasteiger partial charge in [0, 0.05) is 12.1 Å². The highest BCUT2D eigenvalue weighted by Crippen LogP contribution is 2.32. The molecule has 6 nitrogen and oxygen atoms in total. The van der Waals surface area contributed by atoms with Crippen molar-refractivity contribution in [3.63, 3.8) is 0 Å². The highest BCUT2D eigenvalue weighted by Gasteiger charge is 2.21. The van der Waals surface area contributed by atoms with Crippen LogP contribution in [0.5, 0.6) is 5.75 Å². The molecule has 1 N–H and O–H groups in total. The molecule has 1 unspecified atom stereocenters. The Hall–Kier alpha value is -2.86. The van der Waals surface area contributed by atoms with Crippen LogP contribution in [0, 0.1) is 10.1 Å². The van der Waals surface area contributed by atoms with Gasteiger partial charge in [0.2, 0.25) is 1.43 Å². The molecule has 0 aliphatic rings. The average molecular weight is 317 g/mol. The average Bonchev–Trinajstić information content (AvgIpc) is 2.65. The van der Waals surface area contributed by atoms with Gasteiger partial charge in [0.25, 0.3) is 5.69 Å². The molecule has 6 heteroatoms. The summed E-state index contributed by atoms with van der Waals surface area (Å²) in [6, 6.07) is 11.7. The summed E-state index contributed by atoms with van der Waals surface area (Å²) in [7, 11) is 1.54. The molecule has 0 radical (unpaired) electrons. The summed E-state index contributed by atoms with van der Waals surface area (Å²) in [5.41, 5.74) is 1.31. The molecule has 0 fully saturated rings. The largest absolute Gasteiger partial charge is 0.497 e. The molecular weight excluding hydrogens is 296 g/mol. The minimum absolute atomic E-state index is 0.0892. The zero-order chi connectivity index (χ0) is 19.3. The van der Waals surface area contributed by atoms with Gasteiger partial charge >= 0.3 is 0 Å². The summed E-state index contributed by atoms with van der Waals surface area (Å²) in [6.45, 7) is 1.19. The van der Waals surface area contributed by atoms with Gasteiger partial charge in [0.05, 0.1) is 20.5 Å². The minimum Gasteiger partial charge on any atom is -0.497 e. The lowest BCUT2D eigenvalue weighted by Crippen LogP contribution is -2.25. The first-order chi connectivity index (χ1) is 12.4. The van der Waals surface area contributed by atoms with Crippen LogP contribution in [0.2, 0.25) is 1.43 Å². The fourth-order valence-corrected chi connectivity index (χ4v) is 2.22. The number of nitro benzene ring substituents is 1. The first-order valence-electron chi connectivity index (χ1n) is 8.24. The van der Waals surface area contributed by atoms with E-state index >= 15 is 0 Å². The number of hydroxylamine groups is 1. The van der Waals surface area contributed by atoms with Gasteiger partial charge in [-0.3, -0.25) is 15.3 Å². The number of nitro groups is 1. The lowest BCUT2D eigenvalue weighted by Gasteiger charge is -2.28. The van der Waals surface area contributed by atoms with Crippen molar-refractivity contribution in [2.75, 3.05) is 12.2 Å². The minimum atomic E-state index is -0.732. The van der Waals surface area contributed by atoms with Gasteiger partial charge in [0.15, 0.2) is 0 Å². The topological polar surface area (TPSA) is 75.8 Å². The summed E-state index contributed by atoms with van der Waals surface area (Å²) in [4.78, 5) is 10.3. The first kappa shape index (κ1) is 12.7. The van der Waals surface area contributed by atoms with Crippen LogP contribution in [0.25, 0.3) is 0 Å². The number of rotatable bonds is 7. The fourth-order valence-electron chi connectivity index (χ4n) is 2.22. The summed E-state index contributed by atoms with van der Waals surface area (Å²) in [6.07, 6.45) is 0. The Bertz CT molecular complexity index is 791. The van der Waals surface area contributed by atoms with Crippen molar-refractivity contribution in [1.29, 1.82) is 0 Å². The zero-order valence-corrected chi connectivity index (χ0v) is 12.7. The van der Waals surface area contributed by atoms with Crippen LogP contribution in [0.3, 0.4) is 0 Å². The van der Waals surface area contributed by atoms with Crippen LogP contribution in [0.15, 0.2) is 60.6 Å². The summed E-state index contributed by atoms with van der Waals surface area (Å²) in [5, 5.41) is 16.8. The molecule has 120 valence electrons. The molecule has 0 amide bonds. The van der Waals surface area contributed by atoms with E-state index in [1.165, 1.54) is 29.3 Å². The molecule has 0 spiro atoms. The Labute approximate surface area is 138 Å². The summed E-state index contributed by atoms with van der Waals surface area (Å²) >= 11 is 0. The van der Waals surface area contributed by atoms with Gasteiger partial charge in [-0.2, -0.15) is 0 Å². The number of methoxy groups -OCH3 is 1. The number of anilines is 1. The predicted molar refractivity (Wildman–Crippen MR) is 87.9 cm³/mol. The van der Waals surface area contributed by atoms with Crippen molar-refractivity contribution in [3.8, 4) is 5.75 Å². The van der Waals surface area contributed by atoms with Crippen molar-refractivity contribution >= 4 is 11.4 Å². The van der Waals surface area contributed by atoms with Crippen LogP contribution in [0.1, 0.15) is 21.3 Å². The Morgan fingerprint density at radius 1 is 1.35 bits per heavy atom. The zero-order valence-electron chi connectivity index (χ0n) is 15.7. The summed E-state index contributed by atoms with van der Waals surface area (Å²) < 4.78 is 27.9. The smallest absolute Gasteiger partial charge is 0.269 e.